The van der Waals surface area contributed by atoms with Crippen LogP contribution in [-0.2, 0) is 4.79 Å². The van der Waals surface area contributed by atoms with Gasteiger partial charge in [0.25, 0.3) is 5.91 Å². The van der Waals surface area contributed by atoms with E-state index in [-0.39, 0.29) is 5.91 Å². The Labute approximate surface area is 159 Å². The lowest BCUT2D eigenvalue weighted by Gasteiger charge is -2.54. The Morgan fingerprint density at radius 2 is 1.78 bits per heavy atom. The molecule has 6 rings (SSSR count). The van der Waals surface area contributed by atoms with Crippen LogP contribution in [0.4, 0.5) is 5.88 Å². The van der Waals surface area contributed by atoms with Crippen molar-refractivity contribution in [3.05, 3.63) is 35.9 Å². The molecule has 4 aliphatic rings. The summed E-state index contributed by atoms with van der Waals surface area (Å²) in [5, 5.41) is 9.28. The number of benzene rings is 1. The second kappa shape index (κ2) is 6.48. The largest absolute Gasteiger partial charge is 0.338 e. The van der Waals surface area contributed by atoms with Crippen molar-refractivity contribution in [3.8, 4) is 11.3 Å². The topological polar surface area (TPSA) is 71.7 Å². The highest BCUT2D eigenvalue weighted by Gasteiger charge is 2.53. The summed E-state index contributed by atoms with van der Waals surface area (Å²) in [6.07, 6.45) is 8.18. The van der Waals surface area contributed by atoms with Crippen molar-refractivity contribution in [2.75, 3.05) is 11.9 Å². The SMILES string of the molecule is Cc1ccc(-c2cc(NC(=O)C[NH2+]C34CC5CC(CC(C5)C3)C4)on2)cc1. The van der Waals surface area contributed by atoms with Crippen molar-refractivity contribution >= 4 is 11.8 Å². The highest BCUT2D eigenvalue weighted by atomic mass is 16.5. The van der Waals surface area contributed by atoms with Crippen LogP contribution in [0.3, 0.4) is 0 Å². The maximum atomic E-state index is 12.5. The minimum absolute atomic E-state index is 0.00245. The van der Waals surface area contributed by atoms with Crippen LogP contribution in [0.25, 0.3) is 11.3 Å². The van der Waals surface area contributed by atoms with Crippen molar-refractivity contribution in [2.24, 2.45) is 17.8 Å². The Hall–Kier alpha value is -2.14. The molecule has 5 heteroatoms. The van der Waals surface area contributed by atoms with Crippen LogP contribution in [-0.4, -0.2) is 23.1 Å². The zero-order valence-corrected chi connectivity index (χ0v) is 15.9. The number of aromatic nitrogens is 1. The van der Waals surface area contributed by atoms with Crippen molar-refractivity contribution < 1.29 is 14.6 Å². The Kier molecular flexibility index (Phi) is 4.08. The highest BCUT2D eigenvalue weighted by molar-refractivity contribution is 5.90. The van der Waals surface area contributed by atoms with Crippen LogP contribution in [0.15, 0.2) is 34.9 Å². The molecule has 0 saturated heterocycles. The molecule has 27 heavy (non-hydrogen) atoms. The van der Waals surface area contributed by atoms with Gasteiger partial charge in [0.2, 0.25) is 5.88 Å². The zero-order valence-electron chi connectivity index (χ0n) is 15.9. The second-order valence-corrected chi connectivity index (χ2v) is 9.18. The normalized spacial score (nSPS) is 31.2. The number of hydrogen-bond donors (Lipinski definition) is 2. The van der Waals surface area contributed by atoms with Gasteiger partial charge in [-0.2, -0.15) is 0 Å². The zero-order chi connectivity index (χ0) is 18.4. The number of nitrogens with two attached hydrogens (primary N) is 1. The third-order valence-electron chi connectivity index (χ3n) is 6.93. The summed E-state index contributed by atoms with van der Waals surface area (Å²) >= 11 is 0. The molecule has 1 aromatic carbocycles. The number of quaternary nitrogens is 1. The minimum atomic E-state index is -0.00245. The average molecular weight is 366 g/mol. The van der Waals surface area contributed by atoms with E-state index in [4.69, 9.17) is 4.52 Å². The van der Waals surface area contributed by atoms with Crippen LogP contribution in [0.5, 0.6) is 0 Å². The summed E-state index contributed by atoms with van der Waals surface area (Å²) in [5.41, 5.74) is 3.26. The maximum Gasteiger partial charge on any atom is 0.281 e. The van der Waals surface area contributed by atoms with Crippen LogP contribution in [0.1, 0.15) is 44.1 Å². The van der Waals surface area contributed by atoms with Gasteiger partial charge in [-0.3, -0.25) is 10.1 Å². The van der Waals surface area contributed by atoms with E-state index in [0.29, 0.717) is 18.0 Å². The first-order valence-electron chi connectivity index (χ1n) is 10.2. The fraction of sp³-hybridized carbons (Fsp3) is 0.545. The number of carbonyl (C=O) groups excluding carboxylic acids is 1. The molecule has 1 amide bonds. The van der Waals surface area contributed by atoms with Crippen molar-refractivity contribution in [3.63, 3.8) is 0 Å². The Bertz CT molecular complexity index is 804. The summed E-state index contributed by atoms with van der Waals surface area (Å²) in [6, 6.07) is 9.91. The molecular formula is C22H28N3O2+. The molecule has 0 spiro atoms. The number of aryl methyl sites for hydroxylation is 1. The van der Waals surface area contributed by atoms with Crippen LogP contribution in [0, 0.1) is 24.7 Å². The van der Waals surface area contributed by atoms with E-state index in [1.54, 1.807) is 6.07 Å². The fourth-order valence-corrected chi connectivity index (χ4v) is 6.12. The Morgan fingerprint density at radius 3 is 2.41 bits per heavy atom. The molecule has 2 aromatic rings. The van der Waals surface area contributed by atoms with Gasteiger partial charge < -0.3 is 9.84 Å². The first-order valence-corrected chi connectivity index (χ1v) is 10.2. The Morgan fingerprint density at radius 1 is 1.15 bits per heavy atom. The molecule has 0 radical (unpaired) electrons. The number of anilines is 1. The first kappa shape index (κ1) is 17.0. The molecule has 1 heterocycles. The van der Waals surface area contributed by atoms with Crippen molar-refractivity contribution in [2.45, 2.75) is 51.0 Å². The predicted octanol–water partition coefficient (Wildman–Crippen LogP) is 3.12. The van der Waals surface area contributed by atoms with Gasteiger partial charge >= 0.3 is 0 Å². The summed E-state index contributed by atoms with van der Waals surface area (Å²) in [5.74, 6) is 3.14. The predicted molar refractivity (Wildman–Crippen MR) is 103 cm³/mol. The lowest BCUT2D eigenvalue weighted by atomic mass is 9.53. The lowest BCUT2D eigenvalue weighted by molar-refractivity contribution is -0.729. The van der Waals surface area contributed by atoms with Gasteiger partial charge in [-0.25, -0.2) is 0 Å². The molecule has 1 aromatic heterocycles. The van der Waals surface area contributed by atoms with Crippen LogP contribution >= 0.6 is 0 Å². The van der Waals surface area contributed by atoms with Crippen molar-refractivity contribution in [1.82, 2.24) is 5.16 Å². The van der Waals surface area contributed by atoms with Gasteiger partial charge in [0.1, 0.15) is 5.69 Å². The van der Waals surface area contributed by atoms with E-state index in [1.165, 1.54) is 44.1 Å². The lowest BCUT2D eigenvalue weighted by Crippen LogP contribution is -3.00. The summed E-state index contributed by atoms with van der Waals surface area (Å²) in [7, 11) is 0. The number of nitrogens with zero attached hydrogens (tertiary/aromatic N) is 1. The third kappa shape index (κ3) is 3.41. The number of amides is 1. The highest BCUT2D eigenvalue weighted by Crippen LogP contribution is 2.54. The van der Waals surface area contributed by atoms with E-state index in [2.05, 4.69) is 22.7 Å². The summed E-state index contributed by atoms with van der Waals surface area (Å²) < 4.78 is 5.32. The van der Waals surface area contributed by atoms with Crippen LogP contribution in [0.2, 0.25) is 0 Å². The average Bonchev–Trinajstić information content (AvgIpc) is 3.08. The van der Waals surface area contributed by atoms with Gasteiger partial charge in [-0.15, -0.1) is 0 Å². The van der Waals surface area contributed by atoms with E-state index in [9.17, 15) is 4.79 Å². The number of rotatable bonds is 5. The quantitative estimate of drug-likeness (QED) is 0.854. The molecule has 142 valence electrons. The molecule has 0 unspecified atom stereocenters. The van der Waals surface area contributed by atoms with E-state index in [0.717, 1.165) is 29.0 Å². The van der Waals surface area contributed by atoms with Crippen molar-refractivity contribution in [1.29, 1.82) is 0 Å². The molecule has 5 nitrogen and oxygen atoms in total. The molecule has 0 atom stereocenters. The maximum absolute atomic E-state index is 12.5. The van der Waals surface area contributed by atoms with Gasteiger partial charge in [0, 0.05) is 30.9 Å². The molecule has 4 fully saturated rings. The van der Waals surface area contributed by atoms with Gasteiger partial charge in [0.05, 0.1) is 5.54 Å². The third-order valence-corrected chi connectivity index (χ3v) is 6.93. The minimum Gasteiger partial charge on any atom is -0.338 e. The van der Waals surface area contributed by atoms with Gasteiger partial charge in [-0.1, -0.05) is 35.0 Å². The standard InChI is InChI=1S/C22H27N3O2/c1-14-2-4-18(5-3-14)19-9-21(27-25-19)24-20(26)13-23-22-10-15-6-16(11-22)8-17(7-15)12-22/h2-5,9,15-17,23H,6-8,10-13H2,1H3,(H,24,26)/p+1. The number of carbonyl (C=O) groups is 1. The molecule has 4 saturated carbocycles. The molecule has 0 aliphatic heterocycles. The second-order valence-electron chi connectivity index (χ2n) is 9.18. The monoisotopic (exact) mass is 366 g/mol. The molecule has 3 N–H and O–H groups in total. The summed E-state index contributed by atoms with van der Waals surface area (Å²) in [6.45, 7) is 2.52. The summed E-state index contributed by atoms with van der Waals surface area (Å²) in [4.78, 5) is 12.5. The number of hydrogen-bond acceptors (Lipinski definition) is 3. The van der Waals surface area contributed by atoms with E-state index >= 15 is 0 Å². The Balaban J connectivity index is 1.19. The molecule has 4 bridgehead atoms. The van der Waals surface area contributed by atoms with Crippen LogP contribution < -0.4 is 10.6 Å². The molecule has 4 aliphatic carbocycles. The van der Waals surface area contributed by atoms with E-state index < -0.39 is 0 Å². The number of nitrogens with one attached hydrogen (secondary N) is 1. The first-order chi connectivity index (χ1) is 13.1. The smallest absolute Gasteiger partial charge is 0.281 e. The van der Waals surface area contributed by atoms with E-state index in [1.807, 2.05) is 24.3 Å². The van der Waals surface area contributed by atoms with Gasteiger partial charge in [-0.05, 0) is 43.9 Å². The van der Waals surface area contributed by atoms with Gasteiger partial charge in [0.15, 0.2) is 6.54 Å². The molecular weight excluding hydrogens is 338 g/mol. The fourth-order valence-electron chi connectivity index (χ4n) is 6.12.